The van der Waals surface area contributed by atoms with Crippen molar-refractivity contribution in [3.63, 3.8) is 0 Å². The molecule has 7 nitrogen and oxygen atoms in total. The smallest absolute Gasteiger partial charge is 0.264 e. The topological polar surface area (TPSA) is 98.2 Å². The molecule has 0 saturated carbocycles. The number of rotatable bonds is 4. The summed E-state index contributed by atoms with van der Waals surface area (Å²) in [5, 5.41) is 2.37. The van der Waals surface area contributed by atoms with E-state index in [1.807, 2.05) is 0 Å². The van der Waals surface area contributed by atoms with Crippen molar-refractivity contribution in [1.29, 1.82) is 0 Å². The molecule has 10 heteroatoms. The number of benzene rings is 1. The minimum absolute atomic E-state index is 0.00916. The molecule has 1 amide bonds. The molecular formula is C19H13F3N6O. The van der Waals surface area contributed by atoms with Crippen LogP contribution in [-0.4, -0.2) is 25.3 Å². The van der Waals surface area contributed by atoms with Gasteiger partial charge >= 0.3 is 0 Å². The fourth-order valence-corrected chi connectivity index (χ4v) is 2.86. The van der Waals surface area contributed by atoms with Crippen LogP contribution in [0.3, 0.4) is 0 Å². The molecule has 0 unspecified atom stereocenters. The lowest BCUT2D eigenvalue weighted by Crippen LogP contribution is -2.13. The number of nitrogen functional groups attached to an aromatic ring is 1. The van der Waals surface area contributed by atoms with E-state index in [-0.39, 0.29) is 34.0 Å². The van der Waals surface area contributed by atoms with E-state index in [2.05, 4.69) is 20.3 Å². The average molecular weight is 398 g/mol. The van der Waals surface area contributed by atoms with Crippen molar-refractivity contribution in [2.75, 3.05) is 11.1 Å². The number of alkyl halides is 2. The first-order chi connectivity index (χ1) is 13.9. The van der Waals surface area contributed by atoms with Crippen molar-refractivity contribution < 1.29 is 18.0 Å². The van der Waals surface area contributed by atoms with Crippen molar-refractivity contribution in [2.24, 2.45) is 0 Å². The lowest BCUT2D eigenvalue weighted by molar-refractivity contribution is 0.102. The molecule has 0 bridgehead atoms. The van der Waals surface area contributed by atoms with Crippen LogP contribution in [0.2, 0.25) is 0 Å². The summed E-state index contributed by atoms with van der Waals surface area (Å²) in [5.41, 5.74) is 6.44. The van der Waals surface area contributed by atoms with Crippen molar-refractivity contribution in [3.8, 4) is 11.3 Å². The van der Waals surface area contributed by atoms with Gasteiger partial charge in [-0.05, 0) is 30.3 Å². The van der Waals surface area contributed by atoms with Crippen molar-refractivity contribution in [2.45, 2.75) is 6.43 Å². The summed E-state index contributed by atoms with van der Waals surface area (Å²) in [4.78, 5) is 24.3. The Morgan fingerprint density at radius 1 is 1.10 bits per heavy atom. The molecule has 1 aromatic carbocycles. The Morgan fingerprint density at radius 2 is 1.93 bits per heavy atom. The molecule has 4 aromatic rings. The quantitative estimate of drug-likeness (QED) is 0.546. The molecule has 3 heterocycles. The Balaban J connectivity index is 1.63. The van der Waals surface area contributed by atoms with Crippen LogP contribution in [0.4, 0.5) is 24.8 Å². The highest BCUT2D eigenvalue weighted by atomic mass is 19.3. The zero-order valence-corrected chi connectivity index (χ0v) is 14.7. The molecule has 0 aliphatic carbocycles. The van der Waals surface area contributed by atoms with Crippen LogP contribution in [-0.2, 0) is 0 Å². The molecule has 0 aliphatic heterocycles. The van der Waals surface area contributed by atoms with Crippen LogP contribution in [0.1, 0.15) is 22.3 Å². The first-order valence-corrected chi connectivity index (χ1v) is 8.36. The fourth-order valence-electron chi connectivity index (χ4n) is 2.86. The first kappa shape index (κ1) is 18.4. The largest absolute Gasteiger partial charge is 0.382 e. The highest BCUT2D eigenvalue weighted by Crippen LogP contribution is 2.29. The minimum atomic E-state index is -2.70. The van der Waals surface area contributed by atoms with Gasteiger partial charge in [0.15, 0.2) is 0 Å². The van der Waals surface area contributed by atoms with Gasteiger partial charge in [-0.3, -0.25) is 4.79 Å². The normalized spacial score (nSPS) is 11.2. The van der Waals surface area contributed by atoms with Crippen LogP contribution in [0.15, 0.2) is 55.2 Å². The van der Waals surface area contributed by atoms with E-state index in [0.29, 0.717) is 5.52 Å². The number of anilines is 2. The van der Waals surface area contributed by atoms with E-state index in [4.69, 9.17) is 5.73 Å². The van der Waals surface area contributed by atoms with E-state index in [1.165, 1.54) is 24.7 Å². The lowest BCUT2D eigenvalue weighted by atomic mass is 10.1. The van der Waals surface area contributed by atoms with Gasteiger partial charge in [0.25, 0.3) is 12.3 Å². The van der Waals surface area contributed by atoms with Crippen LogP contribution >= 0.6 is 0 Å². The Bertz CT molecular complexity index is 1220. The third-order valence-corrected chi connectivity index (χ3v) is 4.24. The predicted molar refractivity (Wildman–Crippen MR) is 99.9 cm³/mol. The maximum atomic E-state index is 14.7. The molecule has 29 heavy (non-hydrogen) atoms. The third kappa shape index (κ3) is 3.47. The number of fused-ring (bicyclic) bond motifs is 1. The second-order valence-corrected chi connectivity index (χ2v) is 6.09. The summed E-state index contributed by atoms with van der Waals surface area (Å²) < 4.78 is 41.9. The zero-order chi connectivity index (χ0) is 20.5. The number of nitrogens with one attached hydrogen (secondary N) is 1. The number of carbonyl (C=O) groups excluding carboxylic acids is 1. The van der Waals surface area contributed by atoms with Gasteiger partial charge in [-0.1, -0.05) is 0 Å². The monoisotopic (exact) mass is 398 g/mol. The first-order valence-electron chi connectivity index (χ1n) is 8.36. The molecule has 0 spiro atoms. The Labute approximate surface area is 162 Å². The number of halogens is 3. The lowest BCUT2D eigenvalue weighted by Gasteiger charge is -2.08. The van der Waals surface area contributed by atoms with Crippen molar-refractivity contribution in [3.05, 3.63) is 72.2 Å². The molecule has 146 valence electrons. The molecular weight excluding hydrogens is 385 g/mol. The number of nitrogens with two attached hydrogens (primary N) is 1. The summed E-state index contributed by atoms with van der Waals surface area (Å²) in [6.07, 6.45) is 3.06. The summed E-state index contributed by atoms with van der Waals surface area (Å²) in [6, 6.07) is 6.01. The predicted octanol–water partition coefficient (Wildman–Crippen LogP) is 3.70. The van der Waals surface area contributed by atoms with Gasteiger partial charge in [-0.2, -0.15) is 0 Å². The van der Waals surface area contributed by atoms with E-state index < -0.39 is 18.1 Å². The second-order valence-electron chi connectivity index (χ2n) is 6.09. The number of pyridine rings is 1. The molecule has 4 rings (SSSR count). The van der Waals surface area contributed by atoms with E-state index in [1.54, 1.807) is 10.6 Å². The molecule has 0 aliphatic rings. The number of aromatic nitrogens is 4. The van der Waals surface area contributed by atoms with E-state index >= 15 is 0 Å². The Hall–Kier alpha value is -3.95. The third-order valence-electron chi connectivity index (χ3n) is 4.24. The number of carbonyl (C=O) groups is 1. The van der Waals surface area contributed by atoms with Gasteiger partial charge < -0.3 is 15.5 Å². The number of hydrogen-bond acceptors (Lipinski definition) is 5. The molecule has 3 aromatic heterocycles. The fraction of sp³-hybridized carbons (Fsp3) is 0.0526. The Kier molecular flexibility index (Phi) is 4.59. The maximum Gasteiger partial charge on any atom is 0.264 e. The average Bonchev–Trinajstić information content (AvgIpc) is 3.13. The number of hydrogen-bond donors (Lipinski definition) is 2. The SMILES string of the molecule is Nc1nccn2cnc(-c3ccc(C(=O)Nc4cc(C(F)F)ccn4)cc3F)c12. The van der Waals surface area contributed by atoms with Crippen LogP contribution < -0.4 is 11.1 Å². The van der Waals surface area contributed by atoms with Crippen LogP contribution in [0.5, 0.6) is 0 Å². The highest BCUT2D eigenvalue weighted by Gasteiger charge is 2.17. The molecule has 0 radical (unpaired) electrons. The summed E-state index contributed by atoms with van der Waals surface area (Å²) in [5.74, 6) is -1.26. The van der Waals surface area contributed by atoms with Crippen LogP contribution in [0.25, 0.3) is 16.8 Å². The van der Waals surface area contributed by atoms with Gasteiger partial charge in [-0.25, -0.2) is 28.1 Å². The van der Waals surface area contributed by atoms with Crippen molar-refractivity contribution >= 4 is 23.1 Å². The van der Waals surface area contributed by atoms with Gasteiger partial charge in [-0.15, -0.1) is 0 Å². The van der Waals surface area contributed by atoms with Gasteiger partial charge in [0.1, 0.15) is 35.0 Å². The van der Waals surface area contributed by atoms with E-state index in [0.717, 1.165) is 24.4 Å². The number of nitrogens with zero attached hydrogens (tertiary/aromatic N) is 4. The summed E-state index contributed by atoms with van der Waals surface area (Å²) in [6.45, 7) is 0. The van der Waals surface area contributed by atoms with Gasteiger partial charge in [0.2, 0.25) is 0 Å². The maximum absolute atomic E-state index is 14.7. The van der Waals surface area contributed by atoms with Crippen LogP contribution in [0, 0.1) is 5.82 Å². The molecule has 3 N–H and O–H groups in total. The standard InChI is InChI=1S/C19H13F3N6O/c20-13-7-11(19(29)27-14-8-10(17(21)22)3-4-24-14)1-2-12(13)15-16-18(23)25-5-6-28(16)9-26-15/h1-9,17H,(H2,23,25)(H,24,27,29). The summed E-state index contributed by atoms with van der Waals surface area (Å²) >= 11 is 0. The Morgan fingerprint density at radius 3 is 2.69 bits per heavy atom. The molecule has 0 atom stereocenters. The van der Waals surface area contributed by atoms with Gasteiger partial charge in [0, 0.05) is 35.3 Å². The summed E-state index contributed by atoms with van der Waals surface area (Å²) in [7, 11) is 0. The van der Waals surface area contributed by atoms with E-state index in [9.17, 15) is 18.0 Å². The van der Waals surface area contributed by atoms with Gasteiger partial charge in [0.05, 0.1) is 0 Å². The highest BCUT2D eigenvalue weighted by molar-refractivity contribution is 6.04. The second kappa shape index (κ2) is 7.23. The molecule has 0 fully saturated rings. The number of imidazole rings is 1. The minimum Gasteiger partial charge on any atom is -0.382 e. The molecule has 0 saturated heterocycles. The number of amides is 1. The zero-order valence-electron chi connectivity index (χ0n) is 14.7. The van der Waals surface area contributed by atoms with Crippen molar-refractivity contribution in [1.82, 2.24) is 19.4 Å².